The van der Waals surface area contributed by atoms with Gasteiger partial charge in [0, 0.05) is 18.9 Å². The monoisotopic (exact) mass is 296 g/mol. The Bertz CT molecular complexity index is 343. The van der Waals surface area contributed by atoms with Crippen molar-refractivity contribution >= 4 is 30.7 Å². The van der Waals surface area contributed by atoms with Crippen molar-refractivity contribution in [3.63, 3.8) is 0 Å². The van der Waals surface area contributed by atoms with E-state index >= 15 is 0 Å². The number of nitrogens with zero attached hydrogens (tertiary/aromatic N) is 2. The SMILES string of the molecule is CC(C)C(C)(CN)NC(=O)Cn1cccn1.Cl.Cl. The van der Waals surface area contributed by atoms with E-state index in [1.165, 1.54) is 0 Å². The number of aromatic nitrogens is 2. The average molecular weight is 297 g/mol. The summed E-state index contributed by atoms with van der Waals surface area (Å²) in [6, 6.07) is 1.79. The number of nitrogens with two attached hydrogens (primary N) is 1. The molecule has 3 N–H and O–H groups in total. The molecule has 1 aromatic rings. The Balaban J connectivity index is 0. The zero-order valence-corrected chi connectivity index (χ0v) is 12.6. The van der Waals surface area contributed by atoms with E-state index in [9.17, 15) is 4.79 Å². The Labute approximate surface area is 120 Å². The lowest BCUT2D eigenvalue weighted by molar-refractivity contribution is -0.124. The van der Waals surface area contributed by atoms with Crippen LogP contribution in [0.3, 0.4) is 0 Å². The van der Waals surface area contributed by atoms with Crippen molar-refractivity contribution in [3.8, 4) is 0 Å². The molecule has 1 rings (SSSR count). The maximum atomic E-state index is 11.8. The van der Waals surface area contributed by atoms with Crippen LogP contribution in [-0.4, -0.2) is 27.8 Å². The third kappa shape index (κ3) is 5.25. The largest absolute Gasteiger partial charge is 0.348 e. The van der Waals surface area contributed by atoms with Gasteiger partial charge in [-0.15, -0.1) is 24.8 Å². The first kappa shape index (κ1) is 19.6. The summed E-state index contributed by atoms with van der Waals surface area (Å²) >= 11 is 0. The van der Waals surface area contributed by atoms with Crippen LogP contribution in [0.1, 0.15) is 20.8 Å². The molecule has 0 saturated carbocycles. The quantitative estimate of drug-likeness (QED) is 0.858. The summed E-state index contributed by atoms with van der Waals surface area (Å²) in [5.74, 6) is 0.226. The first-order valence-electron chi connectivity index (χ1n) is 5.46. The van der Waals surface area contributed by atoms with Gasteiger partial charge < -0.3 is 11.1 Å². The first-order valence-corrected chi connectivity index (χ1v) is 5.46. The Kier molecular flexibility index (Phi) is 9.07. The summed E-state index contributed by atoms with van der Waals surface area (Å²) in [4.78, 5) is 11.8. The predicted molar refractivity (Wildman–Crippen MR) is 77.2 cm³/mol. The highest BCUT2D eigenvalue weighted by Crippen LogP contribution is 2.14. The number of hydrogen-bond acceptors (Lipinski definition) is 3. The lowest BCUT2D eigenvalue weighted by Crippen LogP contribution is -2.55. The minimum Gasteiger partial charge on any atom is -0.348 e. The van der Waals surface area contributed by atoms with Crippen LogP contribution in [0.15, 0.2) is 18.5 Å². The van der Waals surface area contributed by atoms with Gasteiger partial charge in [0.1, 0.15) is 6.54 Å². The molecule has 0 fully saturated rings. The maximum Gasteiger partial charge on any atom is 0.242 e. The molecule has 0 aliphatic heterocycles. The van der Waals surface area contributed by atoms with Gasteiger partial charge in [-0.25, -0.2) is 0 Å². The Morgan fingerprint density at radius 2 is 2.11 bits per heavy atom. The lowest BCUT2D eigenvalue weighted by atomic mass is 9.88. The second kappa shape index (κ2) is 8.34. The molecule has 1 heterocycles. The summed E-state index contributed by atoms with van der Waals surface area (Å²) in [5.41, 5.74) is 5.34. The minimum absolute atomic E-state index is 0. The van der Waals surface area contributed by atoms with E-state index in [0.717, 1.165) is 0 Å². The Hall–Kier alpha value is -0.780. The highest BCUT2D eigenvalue weighted by atomic mass is 35.5. The number of carbonyl (C=O) groups excluding carboxylic acids is 1. The van der Waals surface area contributed by atoms with E-state index in [4.69, 9.17) is 5.73 Å². The van der Waals surface area contributed by atoms with Crippen molar-refractivity contribution < 1.29 is 4.79 Å². The average Bonchev–Trinajstić information content (AvgIpc) is 2.69. The molecule has 0 bridgehead atoms. The zero-order valence-electron chi connectivity index (χ0n) is 10.9. The summed E-state index contributed by atoms with van der Waals surface area (Å²) in [5, 5.41) is 6.94. The van der Waals surface area contributed by atoms with Gasteiger partial charge in [-0.1, -0.05) is 13.8 Å². The highest BCUT2D eigenvalue weighted by Gasteiger charge is 2.28. The van der Waals surface area contributed by atoms with Gasteiger partial charge in [0.2, 0.25) is 5.91 Å². The van der Waals surface area contributed by atoms with E-state index in [-0.39, 0.29) is 42.8 Å². The molecule has 5 nitrogen and oxygen atoms in total. The number of rotatable bonds is 5. The fourth-order valence-electron chi connectivity index (χ4n) is 1.33. The molecule has 1 atom stereocenters. The van der Waals surface area contributed by atoms with Crippen molar-refractivity contribution in [2.45, 2.75) is 32.9 Å². The second-order valence-electron chi connectivity index (χ2n) is 4.53. The van der Waals surface area contributed by atoms with Gasteiger partial charge in [0.05, 0.1) is 5.54 Å². The van der Waals surface area contributed by atoms with E-state index in [1.54, 1.807) is 23.1 Å². The second-order valence-corrected chi connectivity index (χ2v) is 4.53. The fourth-order valence-corrected chi connectivity index (χ4v) is 1.33. The van der Waals surface area contributed by atoms with Crippen LogP contribution < -0.4 is 11.1 Å². The summed E-state index contributed by atoms with van der Waals surface area (Å²) in [6.45, 7) is 6.70. The van der Waals surface area contributed by atoms with Gasteiger partial charge in [-0.2, -0.15) is 5.10 Å². The van der Waals surface area contributed by atoms with E-state index in [0.29, 0.717) is 12.5 Å². The number of carbonyl (C=O) groups is 1. The highest BCUT2D eigenvalue weighted by molar-refractivity contribution is 5.85. The third-order valence-electron chi connectivity index (χ3n) is 2.99. The molecule has 0 aromatic carbocycles. The molecule has 0 aliphatic carbocycles. The van der Waals surface area contributed by atoms with Gasteiger partial charge in [0.15, 0.2) is 0 Å². The molecule has 1 aromatic heterocycles. The van der Waals surface area contributed by atoms with Crippen molar-refractivity contribution in [3.05, 3.63) is 18.5 Å². The van der Waals surface area contributed by atoms with Crippen LogP contribution in [0.25, 0.3) is 0 Å². The molecule has 18 heavy (non-hydrogen) atoms. The molecule has 0 aliphatic rings. The maximum absolute atomic E-state index is 11.8. The molecule has 0 saturated heterocycles. The number of halogens is 2. The van der Waals surface area contributed by atoms with Gasteiger partial charge in [0.25, 0.3) is 0 Å². The summed E-state index contributed by atoms with van der Waals surface area (Å²) < 4.78 is 1.59. The van der Waals surface area contributed by atoms with E-state index in [1.807, 2.05) is 20.8 Å². The molecular weight excluding hydrogens is 275 g/mol. The summed E-state index contributed by atoms with van der Waals surface area (Å²) in [6.07, 6.45) is 3.41. The number of nitrogens with one attached hydrogen (secondary N) is 1. The van der Waals surface area contributed by atoms with Crippen molar-refractivity contribution in [2.24, 2.45) is 11.7 Å². The van der Waals surface area contributed by atoms with Gasteiger partial charge >= 0.3 is 0 Å². The fraction of sp³-hybridized carbons (Fsp3) is 0.636. The molecule has 106 valence electrons. The van der Waals surface area contributed by atoms with Crippen LogP contribution in [0.5, 0.6) is 0 Å². The zero-order chi connectivity index (χ0) is 12.2. The minimum atomic E-state index is -0.357. The topological polar surface area (TPSA) is 72.9 Å². The third-order valence-corrected chi connectivity index (χ3v) is 2.99. The Morgan fingerprint density at radius 3 is 2.50 bits per heavy atom. The van der Waals surface area contributed by atoms with E-state index in [2.05, 4.69) is 10.4 Å². The molecule has 1 unspecified atom stereocenters. The van der Waals surface area contributed by atoms with Crippen LogP contribution in [0.4, 0.5) is 0 Å². The smallest absolute Gasteiger partial charge is 0.242 e. The van der Waals surface area contributed by atoms with Crippen LogP contribution in [-0.2, 0) is 11.3 Å². The molecular formula is C11H22Cl2N4O. The Morgan fingerprint density at radius 1 is 1.50 bits per heavy atom. The van der Waals surface area contributed by atoms with Gasteiger partial charge in [-0.05, 0) is 18.9 Å². The molecule has 0 spiro atoms. The van der Waals surface area contributed by atoms with Crippen LogP contribution in [0, 0.1) is 5.92 Å². The first-order chi connectivity index (χ1) is 7.48. The molecule has 1 amide bonds. The van der Waals surface area contributed by atoms with Crippen molar-refractivity contribution in [1.29, 1.82) is 0 Å². The van der Waals surface area contributed by atoms with Crippen LogP contribution >= 0.6 is 24.8 Å². The summed E-state index contributed by atoms with van der Waals surface area (Å²) in [7, 11) is 0. The number of hydrogen-bond donors (Lipinski definition) is 2. The normalized spacial score (nSPS) is 13.2. The van der Waals surface area contributed by atoms with Crippen LogP contribution in [0.2, 0.25) is 0 Å². The van der Waals surface area contributed by atoms with Gasteiger partial charge in [-0.3, -0.25) is 9.48 Å². The van der Waals surface area contributed by atoms with Crippen molar-refractivity contribution in [1.82, 2.24) is 15.1 Å². The predicted octanol–water partition coefficient (Wildman–Crippen LogP) is 1.22. The molecule has 7 heteroatoms. The number of amides is 1. The standard InChI is InChI=1S/C11H20N4O.2ClH/c1-9(2)11(3,8-12)14-10(16)7-15-6-4-5-13-15;;/h4-6,9H,7-8,12H2,1-3H3,(H,14,16);2*1H. The van der Waals surface area contributed by atoms with Crippen molar-refractivity contribution in [2.75, 3.05) is 6.54 Å². The van der Waals surface area contributed by atoms with E-state index < -0.39 is 0 Å². The molecule has 0 radical (unpaired) electrons. The lowest BCUT2D eigenvalue weighted by Gasteiger charge is -2.33.